The maximum absolute atomic E-state index is 2.56. The number of hydrogen-bond acceptors (Lipinski definition) is 2. The van der Waals surface area contributed by atoms with Gasteiger partial charge in [-0.3, -0.25) is 4.90 Å². The molecule has 0 amide bonds. The van der Waals surface area contributed by atoms with Crippen molar-refractivity contribution in [3.8, 4) is 0 Å². The van der Waals surface area contributed by atoms with Crippen molar-refractivity contribution in [2.24, 2.45) is 0 Å². The standard InChI is InChI=1S/C14H22N2/c1-13-4-6-14(7-5-13)12-16-9-3-8-15(2)10-11-16/h4-7H,3,8-12H2,1-2H3. The number of nitrogens with zero attached hydrogens (tertiary/aromatic N) is 2. The van der Waals surface area contributed by atoms with Crippen molar-refractivity contribution in [1.82, 2.24) is 9.80 Å². The predicted molar refractivity (Wildman–Crippen MR) is 68.6 cm³/mol. The highest BCUT2D eigenvalue weighted by Gasteiger charge is 2.11. The van der Waals surface area contributed by atoms with E-state index in [1.165, 1.54) is 43.7 Å². The summed E-state index contributed by atoms with van der Waals surface area (Å²) in [4.78, 5) is 4.99. The molecule has 1 heterocycles. The third-order valence-electron chi connectivity index (χ3n) is 3.34. The van der Waals surface area contributed by atoms with Crippen LogP contribution in [0, 0.1) is 6.92 Å². The molecule has 1 aromatic carbocycles. The van der Waals surface area contributed by atoms with Gasteiger partial charge in [0.05, 0.1) is 0 Å². The first-order valence-corrected chi connectivity index (χ1v) is 6.20. The maximum Gasteiger partial charge on any atom is 0.0234 e. The molecular formula is C14H22N2. The summed E-state index contributed by atoms with van der Waals surface area (Å²) in [6.07, 6.45) is 1.29. The quantitative estimate of drug-likeness (QED) is 0.750. The Kier molecular flexibility index (Phi) is 3.97. The van der Waals surface area contributed by atoms with Crippen LogP contribution in [0.1, 0.15) is 17.5 Å². The van der Waals surface area contributed by atoms with Crippen LogP contribution in [-0.4, -0.2) is 43.0 Å². The fraction of sp³-hybridized carbons (Fsp3) is 0.571. The molecule has 16 heavy (non-hydrogen) atoms. The Labute approximate surface area is 98.9 Å². The van der Waals surface area contributed by atoms with E-state index in [4.69, 9.17) is 0 Å². The van der Waals surface area contributed by atoms with Gasteiger partial charge in [-0.2, -0.15) is 0 Å². The fourth-order valence-electron chi connectivity index (χ4n) is 2.21. The lowest BCUT2D eigenvalue weighted by Gasteiger charge is -2.20. The van der Waals surface area contributed by atoms with Crippen molar-refractivity contribution in [3.63, 3.8) is 0 Å². The molecule has 1 fully saturated rings. The van der Waals surface area contributed by atoms with Gasteiger partial charge in [0.25, 0.3) is 0 Å². The van der Waals surface area contributed by atoms with Crippen LogP contribution in [-0.2, 0) is 6.54 Å². The van der Waals surface area contributed by atoms with E-state index in [9.17, 15) is 0 Å². The van der Waals surface area contributed by atoms with Crippen LogP contribution < -0.4 is 0 Å². The predicted octanol–water partition coefficient (Wildman–Crippen LogP) is 2.13. The molecule has 1 aliphatic rings. The average Bonchev–Trinajstić information content (AvgIpc) is 2.47. The first kappa shape index (κ1) is 11.6. The van der Waals surface area contributed by atoms with Gasteiger partial charge < -0.3 is 4.90 Å². The molecule has 0 aliphatic carbocycles. The molecule has 0 bridgehead atoms. The Hall–Kier alpha value is -0.860. The van der Waals surface area contributed by atoms with Crippen molar-refractivity contribution in [3.05, 3.63) is 35.4 Å². The summed E-state index contributed by atoms with van der Waals surface area (Å²) in [5, 5.41) is 0. The van der Waals surface area contributed by atoms with Gasteiger partial charge in [0.15, 0.2) is 0 Å². The van der Waals surface area contributed by atoms with E-state index >= 15 is 0 Å². The number of rotatable bonds is 2. The molecule has 2 nitrogen and oxygen atoms in total. The summed E-state index contributed by atoms with van der Waals surface area (Å²) in [7, 11) is 2.22. The van der Waals surface area contributed by atoms with E-state index in [2.05, 4.69) is 48.0 Å². The molecule has 0 aromatic heterocycles. The molecule has 0 radical (unpaired) electrons. The zero-order chi connectivity index (χ0) is 11.4. The van der Waals surface area contributed by atoms with Gasteiger partial charge >= 0.3 is 0 Å². The molecular weight excluding hydrogens is 196 g/mol. The second kappa shape index (κ2) is 5.46. The van der Waals surface area contributed by atoms with Crippen molar-refractivity contribution in [1.29, 1.82) is 0 Å². The SMILES string of the molecule is Cc1ccc(CN2CCCN(C)CC2)cc1. The fourth-order valence-corrected chi connectivity index (χ4v) is 2.21. The highest BCUT2D eigenvalue weighted by Crippen LogP contribution is 2.09. The van der Waals surface area contributed by atoms with E-state index in [1.807, 2.05) is 0 Å². The maximum atomic E-state index is 2.56. The van der Waals surface area contributed by atoms with E-state index in [0.29, 0.717) is 0 Å². The average molecular weight is 218 g/mol. The summed E-state index contributed by atoms with van der Waals surface area (Å²) >= 11 is 0. The zero-order valence-electron chi connectivity index (χ0n) is 10.4. The van der Waals surface area contributed by atoms with Crippen LogP contribution in [0.2, 0.25) is 0 Å². The summed E-state index contributed by atoms with van der Waals surface area (Å²) in [5.74, 6) is 0. The van der Waals surface area contributed by atoms with Crippen LogP contribution in [0.5, 0.6) is 0 Å². The van der Waals surface area contributed by atoms with E-state index in [1.54, 1.807) is 0 Å². The number of likely N-dealkylation sites (N-methyl/N-ethyl adjacent to an activating group) is 1. The lowest BCUT2D eigenvalue weighted by molar-refractivity contribution is 0.269. The second-order valence-electron chi connectivity index (χ2n) is 4.92. The van der Waals surface area contributed by atoms with Crippen molar-refractivity contribution in [2.75, 3.05) is 33.2 Å². The smallest absolute Gasteiger partial charge is 0.0234 e. The Bertz CT molecular complexity index is 318. The minimum atomic E-state index is 1.11. The Morgan fingerprint density at radius 3 is 2.50 bits per heavy atom. The molecule has 2 heteroatoms. The largest absolute Gasteiger partial charge is 0.305 e. The topological polar surface area (TPSA) is 6.48 Å². The number of hydrogen-bond donors (Lipinski definition) is 0. The number of benzene rings is 1. The molecule has 1 saturated heterocycles. The minimum absolute atomic E-state index is 1.11. The lowest BCUT2D eigenvalue weighted by Crippen LogP contribution is -2.28. The van der Waals surface area contributed by atoms with E-state index in [-0.39, 0.29) is 0 Å². The Balaban J connectivity index is 1.91. The molecule has 2 rings (SSSR count). The first-order chi connectivity index (χ1) is 7.74. The molecule has 1 aromatic rings. The summed E-state index contributed by atoms with van der Waals surface area (Å²) in [6, 6.07) is 8.92. The third-order valence-corrected chi connectivity index (χ3v) is 3.34. The van der Waals surface area contributed by atoms with Gasteiger partial charge in [0.2, 0.25) is 0 Å². The molecule has 0 N–H and O–H groups in total. The number of aryl methyl sites for hydroxylation is 1. The highest BCUT2D eigenvalue weighted by atomic mass is 15.2. The lowest BCUT2D eigenvalue weighted by atomic mass is 10.1. The van der Waals surface area contributed by atoms with E-state index in [0.717, 1.165) is 6.54 Å². The van der Waals surface area contributed by atoms with Crippen molar-refractivity contribution >= 4 is 0 Å². The van der Waals surface area contributed by atoms with Gasteiger partial charge in [-0.25, -0.2) is 0 Å². The van der Waals surface area contributed by atoms with Gasteiger partial charge in [0, 0.05) is 19.6 Å². The van der Waals surface area contributed by atoms with Crippen molar-refractivity contribution in [2.45, 2.75) is 19.9 Å². The first-order valence-electron chi connectivity index (χ1n) is 6.20. The molecule has 0 spiro atoms. The van der Waals surface area contributed by atoms with E-state index < -0.39 is 0 Å². The van der Waals surface area contributed by atoms with Gasteiger partial charge in [-0.1, -0.05) is 29.8 Å². The van der Waals surface area contributed by atoms with Gasteiger partial charge in [-0.15, -0.1) is 0 Å². The molecule has 0 atom stereocenters. The minimum Gasteiger partial charge on any atom is -0.305 e. The normalized spacial score (nSPS) is 19.6. The summed E-state index contributed by atoms with van der Waals surface area (Å²) in [6.45, 7) is 8.12. The van der Waals surface area contributed by atoms with Crippen LogP contribution >= 0.6 is 0 Å². The second-order valence-corrected chi connectivity index (χ2v) is 4.92. The Morgan fingerprint density at radius 2 is 1.75 bits per heavy atom. The highest BCUT2D eigenvalue weighted by molar-refractivity contribution is 5.21. The van der Waals surface area contributed by atoms with Crippen LogP contribution in [0.25, 0.3) is 0 Å². The summed E-state index contributed by atoms with van der Waals surface area (Å²) < 4.78 is 0. The van der Waals surface area contributed by atoms with Crippen LogP contribution in [0.3, 0.4) is 0 Å². The van der Waals surface area contributed by atoms with Gasteiger partial charge in [-0.05, 0) is 39.0 Å². The van der Waals surface area contributed by atoms with Gasteiger partial charge in [0.1, 0.15) is 0 Å². The summed E-state index contributed by atoms with van der Waals surface area (Å²) in [5.41, 5.74) is 2.79. The van der Waals surface area contributed by atoms with Crippen LogP contribution in [0.4, 0.5) is 0 Å². The molecule has 88 valence electrons. The zero-order valence-corrected chi connectivity index (χ0v) is 10.4. The molecule has 0 saturated carbocycles. The molecule has 0 unspecified atom stereocenters. The monoisotopic (exact) mass is 218 g/mol. The third kappa shape index (κ3) is 3.32. The van der Waals surface area contributed by atoms with Crippen molar-refractivity contribution < 1.29 is 0 Å². The Morgan fingerprint density at radius 1 is 1.00 bits per heavy atom. The van der Waals surface area contributed by atoms with Crippen LogP contribution in [0.15, 0.2) is 24.3 Å². The molecule has 1 aliphatic heterocycles.